The fraction of sp³-hybridized carbons (Fsp3) is 1.00. The van der Waals surface area contributed by atoms with E-state index in [-0.39, 0.29) is 0 Å². The number of hydrogen-bond donors (Lipinski definition) is 0. The average molecular weight is 1070 g/mol. The molecule has 0 heterocycles. The third-order valence-corrected chi connectivity index (χ3v) is 15.7. The van der Waals surface area contributed by atoms with Crippen LogP contribution >= 0.6 is 7.82 Å². The second kappa shape index (κ2) is 62.2. The van der Waals surface area contributed by atoms with Crippen molar-refractivity contribution in [3.05, 3.63) is 0 Å². The second-order valence-corrected chi connectivity index (χ2v) is 26.3. The van der Waals surface area contributed by atoms with Gasteiger partial charge in [0.25, 0.3) is 0 Å². The lowest BCUT2D eigenvalue weighted by Gasteiger charge is -2.36. The molecule has 0 aliphatic heterocycles. The molecule has 0 aromatic heterocycles. The SMILES string of the molecule is CCCCCCCCCC[N+](C)(C)CCCCCCCCCC.CCCCCCCCCC[N+](C)(C)CCCCCCCCCC.CCCCCCCCCC[N+](C)(C)CCCCCCCCCC.O=P([O-])([O-])[O-]. The van der Waals surface area contributed by atoms with Crippen LogP contribution in [0.25, 0.3) is 0 Å². The third kappa shape index (κ3) is 83.3. The molecule has 0 amide bonds. The van der Waals surface area contributed by atoms with Crippen LogP contribution in [0.15, 0.2) is 0 Å². The first-order valence-electron chi connectivity index (χ1n) is 33.6. The topological polar surface area (TPSA) is 86.2 Å². The molecule has 0 atom stereocenters. The number of nitrogens with zero attached hydrogens (tertiary/aromatic N) is 3. The molecule has 0 aliphatic carbocycles. The molecule has 0 aromatic carbocycles. The monoisotopic (exact) mass is 1070 g/mol. The Hall–Kier alpha value is -0.0100. The molecule has 0 aromatic rings. The van der Waals surface area contributed by atoms with Crippen molar-refractivity contribution in [2.24, 2.45) is 0 Å². The second-order valence-electron chi connectivity index (χ2n) is 25.4. The smallest absolute Gasteiger partial charge is 0.0782 e. The van der Waals surface area contributed by atoms with Crippen LogP contribution in [-0.4, -0.2) is 95.0 Å². The summed E-state index contributed by atoms with van der Waals surface area (Å²) < 4.78 is 12.3. The zero-order chi connectivity index (χ0) is 56.2. The summed E-state index contributed by atoms with van der Waals surface area (Å²) >= 11 is 0. The summed E-state index contributed by atoms with van der Waals surface area (Å²) in [6, 6.07) is 0. The van der Waals surface area contributed by atoms with Crippen LogP contribution in [0.4, 0.5) is 0 Å². The van der Waals surface area contributed by atoms with Crippen LogP contribution in [-0.2, 0) is 4.57 Å². The Bertz CT molecular complexity index is 878. The molecule has 0 radical (unpaired) electrons. The van der Waals surface area contributed by atoms with E-state index in [1.807, 2.05) is 0 Å². The van der Waals surface area contributed by atoms with Gasteiger partial charge in [0.15, 0.2) is 0 Å². The van der Waals surface area contributed by atoms with Crippen molar-refractivity contribution in [1.29, 1.82) is 0 Å². The molecular weight excluding hydrogens is 930 g/mol. The first-order valence-corrected chi connectivity index (χ1v) is 35.0. The Morgan fingerprint density at radius 2 is 0.284 bits per heavy atom. The highest BCUT2D eigenvalue weighted by atomic mass is 31.2. The molecule has 0 spiro atoms. The summed E-state index contributed by atoms with van der Waals surface area (Å²) in [5.41, 5.74) is 0. The van der Waals surface area contributed by atoms with E-state index >= 15 is 0 Å². The number of phosphoric acid groups is 1. The van der Waals surface area contributed by atoms with Crippen LogP contribution < -0.4 is 14.7 Å². The minimum Gasteiger partial charge on any atom is -0.822 e. The number of hydrogen-bond acceptors (Lipinski definition) is 4. The van der Waals surface area contributed by atoms with Crippen LogP contribution in [0, 0.1) is 0 Å². The summed E-state index contributed by atoms with van der Waals surface area (Å²) in [5, 5.41) is 0. The van der Waals surface area contributed by atoms with Gasteiger partial charge in [-0.05, 0) is 77.0 Å². The maximum Gasteiger partial charge on any atom is 0.0782 e. The molecule has 0 bridgehead atoms. The van der Waals surface area contributed by atoms with E-state index in [1.165, 1.54) is 361 Å². The molecule has 0 N–H and O–H groups in total. The molecule has 0 saturated carbocycles. The van der Waals surface area contributed by atoms with Gasteiger partial charge in [0.1, 0.15) is 0 Å². The van der Waals surface area contributed by atoms with Crippen LogP contribution in [0.5, 0.6) is 0 Å². The van der Waals surface area contributed by atoms with Crippen molar-refractivity contribution in [3.63, 3.8) is 0 Å². The van der Waals surface area contributed by atoms with Gasteiger partial charge in [0.05, 0.1) is 81.6 Å². The fourth-order valence-corrected chi connectivity index (χ4v) is 10.4. The van der Waals surface area contributed by atoms with E-state index in [4.69, 9.17) is 19.2 Å². The number of quaternary nitrogens is 3. The van der Waals surface area contributed by atoms with Gasteiger partial charge in [-0.15, -0.1) is 0 Å². The highest BCUT2D eigenvalue weighted by Crippen LogP contribution is 2.17. The summed E-state index contributed by atoms with van der Waals surface area (Å²) in [6.45, 7) is 22.1. The quantitative estimate of drug-likeness (QED) is 0.0345. The van der Waals surface area contributed by atoms with Gasteiger partial charge in [-0.2, -0.15) is 7.82 Å². The molecule has 0 fully saturated rings. The Morgan fingerprint density at radius 3 is 0.378 bits per heavy atom. The van der Waals surface area contributed by atoms with Crippen LogP contribution in [0.3, 0.4) is 0 Å². The van der Waals surface area contributed by atoms with Crippen LogP contribution in [0.1, 0.15) is 350 Å². The van der Waals surface area contributed by atoms with E-state index in [9.17, 15) is 0 Å². The lowest BCUT2D eigenvalue weighted by molar-refractivity contribution is -0.890. The molecule has 452 valence electrons. The van der Waals surface area contributed by atoms with Gasteiger partial charge in [0, 0.05) is 0 Å². The predicted molar refractivity (Wildman–Crippen MR) is 329 cm³/mol. The van der Waals surface area contributed by atoms with Crippen LogP contribution in [0.2, 0.25) is 0 Å². The number of rotatable bonds is 54. The Balaban J connectivity index is -0.000000473. The molecule has 0 aliphatic rings. The summed E-state index contributed by atoms with van der Waals surface area (Å²) in [4.78, 5) is 25.6. The standard InChI is InChI=1S/3C22H48N.H3O4P/c3*1-5-7-9-11-13-15-17-19-21-23(3,4)22-20-18-16-14-12-10-8-6-2;1-5(2,3)4/h3*5-22H2,1-4H3;(H3,1,2,3,4)/q3*+1;/p-3. The molecule has 8 heteroatoms. The van der Waals surface area contributed by atoms with E-state index in [1.54, 1.807) is 0 Å². The normalized spacial score (nSPS) is 12.0. The zero-order valence-corrected chi connectivity index (χ0v) is 54.5. The molecule has 74 heavy (non-hydrogen) atoms. The maximum atomic E-state index is 8.55. The summed E-state index contributed by atoms with van der Waals surface area (Å²) in [6.07, 6.45) is 69.1. The molecule has 7 nitrogen and oxygen atoms in total. The summed E-state index contributed by atoms with van der Waals surface area (Å²) in [7, 11) is 9.21. The van der Waals surface area contributed by atoms with Gasteiger partial charge < -0.3 is 32.7 Å². The van der Waals surface area contributed by atoms with Gasteiger partial charge in [-0.1, -0.05) is 273 Å². The van der Waals surface area contributed by atoms with Gasteiger partial charge >= 0.3 is 0 Å². The average Bonchev–Trinajstić information content (AvgIpc) is 3.34. The number of unbranched alkanes of at least 4 members (excludes halogenated alkanes) is 42. The molecule has 0 unspecified atom stereocenters. The zero-order valence-electron chi connectivity index (χ0n) is 53.6. The predicted octanol–water partition coefficient (Wildman–Crippen LogP) is 19.2. The lowest BCUT2D eigenvalue weighted by atomic mass is 10.1. The highest BCUT2D eigenvalue weighted by molar-refractivity contribution is 7.40. The largest absolute Gasteiger partial charge is 0.822 e. The maximum absolute atomic E-state index is 8.55. The third-order valence-electron chi connectivity index (χ3n) is 15.7. The van der Waals surface area contributed by atoms with Gasteiger partial charge in [-0.3, -0.25) is 0 Å². The van der Waals surface area contributed by atoms with Crippen molar-refractivity contribution in [2.75, 3.05) is 81.6 Å². The van der Waals surface area contributed by atoms with Crippen molar-refractivity contribution in [3.8, 4) is 0 Å². The van der Waals surface area contributed by atoms with Crippen molar-refractivity contribution in [1.82, 2.24) is 0 Å². The van der Waals surface area contributed by atoms with E-state index < -0.39 is 7.82 Å². The summed E-state index contributed by atoms with van der Waals surface area (Å²) in [5.74, 6) is 0. The molecule has 0 saturated heterocycles. The van der Waals surface area contributed by atoms with E-state index in [0.717, 1.165) is 0 Å². The first-order chi connectivity index (χ1) is 35.4. The van der Waals surface area contributed by atoms with E-state index in [2.05, 4.69) is 83.8 Å². The Labute approximate surface area is 469 Å². The Morgan fingerprint density at radius 1 is 0.203 bits per heavy atom. The first kappa shape index (κ1) is 80.5. The molecular formula is C66H144N3O4P. The minimum absolute atomic E-state index is 1.24. The lowest BCUT2D eigenvalue weighted by Crippen LogP contribution is -2.41. The fourth-order valence-electron chi connectivity index (χ4n) is 10.4. The Kier molecular flexibility index (Phi) is 67.6. The van der Waals surface area contributed by atoms with Crippen molar-refractivity contribution in [2.45, 2.75) is 350 Å². The molecule has 0 rings (SSSR count). The highest BCUT2D eigenvalue weighted by Gasteiger charge is 2.16. The van der Waals surface area contributed by atoms with Gasteiger partial charge in [-0.25, -0.2) is 0 Å². The minimum atomic E-state index is -5.39. The van der Waals surface area contributed by atoms with Crippen molar-refractivity contribution < 1.29 is 32.7 Å². The van der Waals surface area contributed by atoms with E-state index in [0.29, 0.717) is 0 Å². The van der Waals surface area contributed by atoms with Gasteiger partial charge in [0.2, 0.25) is 0 Å². The van der Waals surface area contributed by atoms with Crippen molar-refractivity contribution >= 4 is 7.82 Å².